The lowest BCUT2D eigenvalue weighted by Gasteiger charge is -2.52. The maximum atomic E-state index is 12.7. The van der Waals surface area contributed by atoms with Crippen molar-refractivity contribution in [2.24, 2.45) is 0 Å². The van der Waals surface area contributed by atoms with E-state index < -0.39 is 5.60 Å². The lowest BCUT2D eigenvalue weighted by molar-refractivity contribution is -0.177. The number of benzene rings is 1. The van der Waals surface area contributed by atoms with E-state index in [0.717, 1.165) is 37.2 Å². The highest BCUT2D eigenvalue weighted by Gasteiger charge is 2.62. The second-order valence-corrected chi connectivity index (χ2v) is 6.11. The third-order valence-corrected chi connectivity index (χ3v) is 5.03. The quantitative estimate of drug-likeness (QED) is 0.802. The van der Waals surface area contributed by atoms with Crippen molar-refractivity contribution in [1.82, 2.24) is 0 Å². The molecule has 0 saturated heterocycles. The van der Waals surface area contributed by atoms with Gasteiger partial charge in [0.05, 0.1) is 0 Å². The molecule has 0 radical (unpaired) electrons. The Bertz CT molecular complexity index is 621. The van der Waals surface area contributed by atoms with Crippen LogP contribution in [0.1, 0.15) is 57.1 Å². The zero-order chi connectivity index (χ0) is 15.9. The van der Waals surface area contributed by atoms with Gasteiger partial charge in [0.2, 0.25) is 5.60 Å². The number of ketones is 1. The van der Waals surface area contributed by atoms with E-state index in [1.165, 1.54) is 12.5 Å². The maximum Gasteiger partial charge on any atom is 0.303 e. The van der Waals surface area contributed by atoms with Crippen LogP contribution in [-0.4, -0.2) is 24.8 Å². The minimum Gasteiger partial charge on any atom is -0.445 e. The second-order valence-electron chi connectivity index (χ2n) is 6.11. The Morgan fingerprint density at radius 1 is 1.36 bits per heavy atom. The second kappa shape index (κ2) is 5.41. The molecule has 1 fully saturated rings. The van der Waals surface area contributed by atoms with Gasteiger partial charge in [-0.1, -0.05) is 12.1 Å². The van der Waals surface area contributed by atoms with Gasteiger partial charge in [0.25, 0.3) is 0 Å². The van der Waals surface area contributed by atoms with Gasteiger partial charge >= 0.3 is 5.97 Å². The molecule has 1 aromatic rings. The van der Waals surface area contributed by atoms with E-state index >= 15 is 0 Å². The van der Waals surface area contributed by atoms with Crippen LogP contribution in [0.4, 0.5) is 5.69 Å². The zero-order valence-electron chi connectivity index (χ0n) is 13.5. The normalized spacial score (nSPS) is 25.8. The molecule has 2 aliphatic carbocycles. The number of esters is 1. The number of ether oxygens (including phenoxy) is 1. The number of nitrogens with zero attached hydrogens (tertiary/aromatic N) is 1. The molecule has 0 aromatic heterocycles. The predicted octanol–water partition coefficient (Wildman–Crippen LogP) is 3.14. The smallest absolute Gasteiger partial charge is 0.303 e. The minimum absolute atomic E-state index is 0.0307. The van der Waals surface area contributed by atoms with Crippen LogP contribution in [0.25, 0.3) is 0 Å². The van der Waals surface area contributed by atoms with Gasteiger partial charge in [0.1, 0.15) is 0 Å². The molecule has 4 heteroatoms. The third-order valence-electron chi connectivity index (χ3n) is 5.03. The number of hydrogen-bond donors (Lipinski definition) is 0. The molecule has 0 bridgehead atoms. The molecule has 0 amide bonds. The summed E-state index contributed by atoms with van der Waals surface area (Å²) in [6, 6.07) is 6.16. The van der Waals surface area contributed by atoms with Gasteiger partial charge in [0, 0.05) is 43.6 Å². The summed E-state index contributed by atoms with van der Waals surface area (Å²) in [6.07, 6.45) is 2.28. The van der Waals surface area contributed by atoms with Gasteiger partial charge in [-0.15, -0.1) is 0 Å². The zero-order valence-corrected chi connectivity index (χ0v) is 13.5. The average molecular weight is 301 g/mol. The van der Waals surface area contributed by atoms with E-state index in [1.54, 1.807) is 0 Å². The summed E-state index contributed by atoms with van der Waals surface area (Å²) in [5.41, 5.74) is 2.12. The van der Waals surface area contributed by atoms with Crippen molar-refractivity contribution >= 4 is 17.4 Å². The number of fused-ring (bicyclic) bond motifs is 4. The lowest BCUT2D eigenvalue weighted by atomic mass is 9.56. The number of hydrogen-bond acceptors (Lipinski definition) is 4. The molecular formula is C18H23NO3. The fourth-order valence-corrected chi connectivity index (χ4v) is 4.15. The monoisotopic (exact) mass is 301 g/mol. The summed E-state index contributed by atoms with van der Waals surface area (Å²) in [5, 5.41) is 0. The first-order valence-corrected chi connectivity index (χ1v) is 8.17. The topological polar surface area (TPSA) is 46.6 Å². The van der Waals surface area contributed by atoms with E-state index in [4.69, 9.17) is 4.74 Å². The van der Waals surface area contributed by atoms with Crippen LogP contribution < -0.4 is 4.90 Å². The molecule has 4 nitrogen and oxygen atoms in total. The predicted molar refractivity (Wildman–Crippen MR) is 85.0 cm³/mol. The van der Waals surface area contributed by atoms with Crippen molar-refractivity contribution in [2.75, 3.05) is 18.0 Å². The number of rotatable bonds is 4. The Balaban J connectivity index is 2.18. The fraction of sp³-hybridized carbons (Fsp3) is 0.556. The van der Waals surface area contributed by atoms with Crippen LogP contribution in [0.2, 0.25) is 0 Å². The Hall–Kier alpha value is -1.84. The highest BCUT2D eigenvalue weighted by molar-refractivity contribution is 5.98. The van der Waals surface area contributed by atoms with E-state index in [0.29, 0.717) is 6.42 Å². The van der Waals surface area contributed by atoms with Crippen LogP contribution in [0, 0.1) is 0 Å². The van der Waals surface area contributed by atoms with E-state index in [9.17, 15) is 9.59 Å². The van der Waals surface area contributed by atoms with Crippen molar-refractivity contribution < 1.29 is 14.3 Å². The highest BCUT2D eigenvalue weighted by Crippen LogP contribution is 2.61. The molecule has 2 aliphatic rings. The van der Waals surface area contributed by atoms with Crippen molar-refractivity contribution in [3.8, 4) is 0 Å². The first-order valence-electron chi connectivity index (χ1n) is 8.17. The Labute approximate surface area is 131 Å². The molecule has 0 spiro atoms. The summed E-state index contributed by atoms with van der Waals surface area (Å²) >= 11 is 0. The molecule has 2 unspecified atom stereocenters. The van der Waals surface area contributed by atoms with Crippen molar-refractivity contribution in [1.29, 1.82) is 0 Å². The summed E-state index contributed by atoms with van der Waals surface area (Å²) in [6.45, 7) is 7.32. The molecular weight excluding hydrogens is 278 g/mol. The third kappa shape index (κ3) is 1.89. The van der Waals surface area contributed by atoms with E-state index in [2.05, 4.69) is 24.8 Å². The minimum atomic E-state index is -1.03. The molecule has 0 N–H and O–H groups in total. The standard InChI is InChI=1S/C18H23NO3/c1-4-19(5-2)15-10-6-8-13-14-9-7-11-16(21)18(14,17(13)15)22-12(3)20/h6,8,10,14H,4-5,7,9,11H2,1-3H3. The summed E-state index contributed by atoms with van der Waals surface area (Å²) in [5.74, 6) is -0.283. The summed E-state index contributed by atoms with van der Waals surface area (Å²) in [7, 11) is 0. The molecule has 2 atom stereocenters. The Kier molecular flexibility index (Phi) is 3.71. The van der Waals surface area contributed by atoms with Gasteiger partial charge < -0.3 is 9.64 Å². The van der Waals surface area contributed by atoms with Crippen molar-refractivity contribution in [3.63, 3.8) is 0 Å². The molecule has 0 heterocycles. The fourth-order valence-electron chi connectivity index (χ4n) is 4.15. The van der Waals surface area contributed by atoms with Crippen LogP contribution in [0.3, 0.4) is 0 Å². The van der Waals surface area contributed by atoms with Crippen LogP contribution in [0.15, 0.2) is 18.2 Å². The molecule has 22 heavy (non-hydrogen) atoms. The van der Waals surface area contributed by atoms with Gasteiger partial charge in [-0.3, -0.25) is 9.59 Å². The van der Waals surface area contributed by atoms with Gasteiger partial charge in [-0.2, -0.15) is 0 Å². The van der Waals surface area contributed by atoms with Gasteiger partial charge in [-0.05, 0) is 38.3 Å². The number of carbonyl (C=O) groups excluding carboxylic acids is 2. The molecule has 118 valence electrons. The van der Waals surface area contributed by atoms with Crippen LogP contribution in [0.5, 0.6) is 0 Å². The summed E-state index contributed by atoms with van der Waals surface area (Å²) in [4.78, 5) is 26.6. The lowest BCUT2D eigenvalue weighted by Crippen LogP contribution is -2.55. The van der Waals surface area contributed by atoms with Crippen molar-refractivity contribution in [3.05, 3.63) is 29.3 Å². The number of Topliss-reactive ketones (excluding diaryl/α,β-unsaturated/α-hetero) is 1. The molecule has 3 rings (SSSR count). The van der Waals surface area contributed by atoms with E-state index in [-0.39, 0.29) is 17.7 Å². The summed E-state index contributed by atoms with van der Waals surface area (Å²) < 4.78 is 5.68. The molecule has 0 aliphatic heterocycles. The average Bonchev–Trinajstić information content (AvgIpc) is 2.49. The van der Waals surface area contributed by atoms with Crippen LogP contribution >= 0.6 is 0 Å². The van der Waals surface area contributed by atoms with E-state index in [1.807, 2.05) is 12.1 Å². The molecule has 1 saturated carbocycles. The van der Waals surface area contributed by atoms with Crippen LogP contribution in [-0.2, 0) is 19.9 Å². The SMILES string of the molecule is CCN(CC)c1cccc2c1C1(OC(C)=O)C(=O)CCCC21. The first-order chi connectivity index (χ1) is 10.6. The first kappa shape index (κ1) is 15.1. The van der Waals surface area contributed by atoms with Gasteiger partial charge in [0.15, 0.2) is 5.78 Å². The highest BCUT2D eigenvalue weighted by atomic mass is 16.6. The number of carbonyl (C=O) groups is 2. The Morgan fingerprint density at radius 3 is 2.73 bits per heavy atom. The van der Waals surface area contributed by atoms with Crippen molar-refractivity contribution in [2.45, 2.75) is 51.6 Å². The number of anilines is 1. The maximum absolute atomic E-state index is 12.7. The largest absolute Gasteiger partial charge is 0.445 e. The molecule has 1 aromatic carbocycles. The Morgan fingerprint density at radius 2 is 2.09 bits per heavy atom. The van der Waals surface area contributed by atoms with Gasteiger partial charge in [-0.25, -0.2) is 0 Å².